The number of nitrogens with one attached hydrogen (secondary N) is 1. The van der Waals surface area contributed by atoms with E-state index in [-0.39, 0.29) is 28.7 Å². The molecule has 2 N–H and O–H groups in total. The zero-order valence-electron chi connectivity index (χ0n) is 15.5. The SMILES string of the molecule is COC(=O)c1ccccc1CC(=O)CSc1nc(O)c(-c2ccccc2)c(=O)[nH]1. The summed E-state index contributed by atoms with van der Waals surface area (Å²) in [6, 6.07) is 15.4. The zero-order valence-corrected chi connectivity index (χ0v) is 16.4. The fourth-order valence-electron chi connectivity index (χ4n) is 2.77. The minimum Gasteiger partial charge on any atom is -0.493 e. The lowest BCUT2D eigenvalue weighted by atomic mass is 10.0. The monoisotopic (exact) mass is 410 g/mol. The summed E-state index contributed by atoms with van der Waals surface area (Å²) in [5, 5.41) is 10.3. The van der Waals surface area contributed by atoms with Crippen LogP contribution < -0.4 is 5.56 Å². The molecule has 0 saturated carbocycles. The Morgan fingerprint density at radius 3 is 2.48 bits per heavy atom. The summed E-state index contributed by atoms with van der Waals surface area (Å²) in [6.45, 7) is 0. The molecule has 0 aliphatic heterocycles. The molecule has 7 nitrogen and oxygen atoms in total. The Kier molecular flexibility index (Phi) is 6.46. The van der Waals surface area contributed by atoms with Crippen LogP contribution in [0.5, 0.6) is 5.88 Å². The second-order valence-corrected chi connectivity index (χ2v) is 7.05. The Balaban J connectivity index is 1.70. The van der Waals surface area contributed by atoms with Gasteiger partial charge in [-0.2, -0.15) is 4.98 Å². The number of Topliss-reactive ketones (excluding diaryl/α,β-unsaturated/α-hetero) is 1. The van der Waals surface area contributed by atoms with Gasteiger partial charge in [-0.25, -0.2) is 4.79 Å². The van der Waals surface area contributed by atoms with Crippen molar-refractivity contribution in [2.75, 3.05) is 12.9 Å². The van der Waals surface area contributed by atoms with Gasteiger partial charge in [-0.15, -0.1) is 0 Å². The number of aromatic amines is 1. The van der Waals surface area contributed by atoms with Crippen molar-refractivity contribution in [3.63, 3.8) is 0 Å². The van der Waals surface area contributed by atoms with Crippen LogP contribution in [0.15, 0.2) is 64.5 Å². The van der Waals surface area contributed by atoms with Crippen molar-refractivity contribution in [1.82, 2.24) is 9.97 Å². The summed E-state index contributed by atoms with van der Waals surface area (Å²) in [4.78, 5) is 43.1. The minimum absolute atomic E-state index is 0.0164. The van der Waals surface area contributed by atoms with Crippen LogP contribution in [0, 0.1) is 0 Å². The van der Waals surface area contributed by atoms with E-state index in [1.54, 1.807) is 54.6 Å². The number of methoxy groups -OCH3 is 1. The number of ketones is 1. The van der Waals surface area contributed by atoms with E-state index >= 15 is 0 Å². The van der Waals surface area contributed by atoms with Crippen molar-refractivity contribution in [3.8, 4) is 17.0 Å². The highest BCUT2D eigenvalue weighted by molar-refractivity contribution is 7.99. The van der Waals surface area contributed by atoms with Gasteiger partial charge in [-0.05, 0) is 17.2 Å². The number of hydrogen-bond donors (Lipinski definition) is 2. The number of carbonyl (C=O) groups excluding carboxylic acids is 2. The summed E-state index contributed by atoms with van der Waals surface area (Å²) < 4.78 is 4.73. The molecule has 0 aliphatic rings. The molecule has 0 atom stereocenters. The van der Waals surface area contributed by atoms with Gasteiger partial charge in [0.15, 0.2) is 5.16 Å². The number of nitrogens with zero attached hydrogens (tertiary/aromatic N) is 1. The Bertz CT molecular complexity index is 1100. The maximum atomic E-state index is 12.4. The maximum absolute atomic E-state index is 12.4. The molecule has 0 fully saturated rings. The summed E-state index contributed by atoms with van der Waals surface area (Å²) in [7, 11) is 1.28. The highest BCUT2D eigenvalue weighted by Crippen LogP contribution is 2.25. The predicted octanol–water partition coefficient (Wildman–Crippen LogP) is 2.83. The molecule has 0 spiro atoms. The molecule has 0 saturated heterocycles. The molecular weight excluding hydrogens is 392 g/mol. The average molecular weight is 410 g/mol. The van der Waals surface area contributed by atoms with E-state index < -0.39 is 17.4 Å². The average Bonchev–Trinajstić information content (AvgIpc) is 2.72. The lowest BCUT2D eigenvalue weighted by Gasteiger charge is -2.08. The lowest BCUT2D eigenvalue weighted by Crippen LogP contribution is -2.14. The normalized spacial score (nSPS) is 10.5. The number of hydrogen-bond acceptors (Lipinski definition) is 7. The predicted molar refractivity (Wildman–Crippen MR) is 109 cm³/mol. The smallest absolute Gasteiger partial charge is 0.338 e. The summed E-state index contributed by atoms with van der Waals surface area (Å²) in [5.74, 6) is -1.05. The number of aromatic nitrogens is 2. The molecule has 0 unspecified atom stereocenters. The van der Waals surface area contributed by atoms with Crippen LogP contribution in [0.2, 0.25) is 0 Å². The van der Waals surface area contributed by atoms with Crippen LogP contribution in [0.3, 0.4) is 0 Å². The van der Waals surface area contributed by atoms with Gasteiger partial charge in [0.1, 0.15) is 11.3 Å². The maximum Gasteiger partial charge on any atom is 0.338 e. The largest absolute Gasteiger partial charge is 0.493 e. The second kappa shape index (κ2) is 9.20. The first-order valence-corrected chi connectivity index (χ1v) is 9.67. The number of esters is 1. The van der Waals surface area contributed by atoms with E-state index in [2.05, 4.69) is 9.97 Å². The van der Waals surface area contributed by atoms with Gasteiger partial charge >= 0.3 is 5.97 Å². The molecule has 148 valence electrons. The number of rotatable bonds is 7. The highest BCUT2D eigenvalue weighted by atomic mass is 32.2. The van der Waals surface area contributed by atoms with Crippen LogP contribution in [-0.4, -0.2) is 39.7 Å². The quantitative estimate of drug-likeness (QED) is 0.350. The Hall–Kier alpha value is -3.39. The number of aromatic hydroxyl groups is 1. The molecule has 0 bridgehead atoms. The first-order chi connectivity index (χ1) is 14.0. The number of carbonyl (C=O) groups is 2. The van der Waals surface area contributed by atoms with Crippen LogP contribution >= 0.6 is 11.8 Å². The molecule has 3 rings (SSSR count). The molecule has 0 aliphatic carbocycles. The van der Waals surface area contributed by atoms with Crippen molar-refractivity contribution in [2.45, 2.75) is 11.6 Å². The number of ether oxygens (including phenoxy) is 1. The van der Waals surface area contributed by atoms with Crippen LogP contribution in [-0.2, 0) is 16.0 Å². The Morgan fingerprint density at radius 1 is 1.10 bits per heavy atom. The molecule has 29 heavy (non-hydrogen) atoms. The summed E-state index contributed by atoms with van der Waals surface area (Å²) >= 11 is 1.01. The molecule has 2 aromatic carbocycles. The topological polar surface area (TPSA) is 109 Å². The van der Waals surface area contributed by atoms with Crippen LogP contribution in [0.25, 0.3) is 11.1 Å². The van der Waals surface area contributed by atoms with Gasteiger partial charge < -0.3 is 14.8 Å². The van der Waals surface area contributed by atoms with E-state index in [0.717, 1.165) is 11.8 Å². The van der Waals surface area contributed by atoms with Crippen LogP contribution in [0.4, 0.5) is 0 Å². The first-order valence-electron chi connectivity index (χ1n) is 8.69. The Labute approximate surface area is 170 Å². The van der Waals surface area contributed by atoms with Gasteiger partial charge in [0, 0.05) is 6.42 Å². The second-order valence-electron chi connectivity index (χ2n) is 6.09. The van der Waals surface area contributed by atoms with Gasteiger partial charge in [0.25, 0.3) is 5.56 Å². The minimum atomic E-state index is -0.506. The molecule has 0 amide bonds. The number of thioether (sulfide) groups is 1. The first kappa shape index (κ1) is 20.3. The molecular formula is C21H18N2O5S. The van der Waals surface area contributed by atoms with E-state index in [0.29, 0.717) is 16.7 Å². The molecule has 1 aromatic heterocycles. The highest BCUT2D eigenvalue weighted by Gasteiger charge is 2.16. The van der Waals surface area contributed by atoms with Crippen molar-refractivity contribution in [3.05, 3.63) is 76.1 Å². The standard InChI is InChI=1S/C21H18N2O5S/c1-28-20(27)16-10-6-5-9-14(16)11-15(24)12-29-21-22-18(25)17(19(26)23-21)13-7-3-2-4-8-13/h2-10H,11-12H2,1H3,(H2,22,23,25,26). The van der Waals surface area contributed by atoms with Crippen molar-refractivity contribution >= 4 is 23.5 Å². The third kappa shape index (κ3) is 4.91. The van der Waals surface area contributed by atoms with E-state index in [1.165, 1.54) is 7.11 Å². The summed E-state index contributed by atoms with van der Waals surface area (Å²) in [5.41, 5.74) is 1.03. The molecule has 1 heterocycles. The molecule has 3 aromatic rings. The van der Waals surface area contributed by atoms with Gasteiger partial charge in [-0.1, -0.05) is 60.3 Å². The zero-order chi connectivity index (χ0) is 20.8. The third-order valence-corrected chi connectivity index (χ3v) is 5.05. The van der Waals surface area contributed by atoms with Crippen LogP contribution in [0.1, 0.15) is 15.9 Å². The Morgan fingerprint density at radius 2 is 1.79 bits per heavy atom. The van der Waals surface area contributed by atoms with Crippen molar-refractivity contribution in [2.24, 2.45) is 0 Å². The summed E-state index contributed by atoms with van der Waals surface area (Å²) in [6.07, 6.45) is 0.0383. The van der Waals surface area contributed by atoms with Gasteiger partial charge in [-0.3, -0.25) is 9.59 Å². The number of H-pyrrole nitrogens is 1. The number of benzene rings is 2. The third-order valence-electron chi connectivity index (χ3n) is 4.12. The van der Waals surface area contributed by atoms with E-state index in [4.69, 9.17) is 4.74 Å². The lowest BCUT2D eigenvalue weighted by molar-refractivity contribution is -0.116. The van der Waals surface area contributed by atoms with E-state index in [9.17, 15) is 19.5 Å². The van der Waals surface area contributed by atoms with Crippen molar-refractivity contribution < 1.29 is 19.4 Å². The van der Waals surface area contributed by atoms with E-state index in [1.807, 2.05) is 0 Å². The van der Waals surface area contributed by atoms with Crippen molar-refractivity contribution in [1.29, 1.82) is 0 Å². The molecule has 8 heteroatoms. The van der Waals surface area contributed by atoms with Gasteiger partial charge in [0.05, 0.1) is 18.4 Å². The fourth-order valence-corrected chi connectivity index (χ4v) is 3.49. The fraction of sp³-hybridized carbons (Fsp3) is 0.143. The van der Waals surface area contributed by atoms with Gasteiger partial charge in [0.2, 0.25) is 5.88 Å². The molecule has 0 radical (unpaired) electrons.